The van der Waals surface area contributed by atoms with Crippen LogP contribution in [0.2, 0.25) is 0 Å². The summed E-state index contributed by atoms with van der Waals surface area (Å²) in [5.74, 6) is 1.70. The zero-order chi connectivity index (χ0) is 13.1. The molecule has 2 aliphatic rings. The minimum atomic E-state index is -0.223. The molecule has 19 heavy (non-hydrogen) atoms. The van der Waals surface area contributed by atoms with Crippen LogP contribution < -0.4 is 5.32 Å². The number of nitrogens with one attached hydrogen (secondary N) is 1. The Morgan fingerprint density at radius 2 is 2.42 bits per heavy atom. The normalized spacial score (nSPS) is 26.7. The Bertz CT molecular complexity index is 438. The third kappa shape index (κ3) is 2.97. The minimum absolute atomic E-state index is 0.0635. The van der Waals surface area contributed by atoms with Crippen molar-refractivity contribution in [1.82, 2.24) is 14.9 Å². The molecule has 0 saturated carbocycles. The molecule has 0 aromatic carbocycles. The van der Waals surface area contributed by atoms with Crippen LogP contribution in [-0.2, 0) is 22.5 Å². The van der Waals surface area contributed by atoms with Crippen LogP contribution in [0.4, 0.5) is 0 Å². The molecular weight excluding hydrogens is 242 g/mol. The molecule has 1 amide bonds. The van der Waals surface area contributed by atoms with Crippen LogP contribution in [0.25, 0.3) is 0 Å². The standard InChI is InChI=1S/C14H21N3O2/c18-14(12-3-1-2-8-19-12)16-10-11-4-6-17-7-5-15-13(17)9-11/h5,7,11-12H,1-4,6,8-10H2,(H,16,18)/t11-,12+/m1/s1. The molecule has 5 heteroatoms. The fourth-order valence-corrected chi connectivity index (χ4v) is 2.90. The molecule has 0 radical (unpaired) electrons. The first kappa shape index (κ1) is 12.7. The summed E-state index contributed by atoms with van der Waals surface area (Å²) in [5, 5.41) is 3.04. The molecule has 1 saturated heterocycles. The summed E-state index contributed by atoms with van der Waals surface area (Å²) >= 11 is 0. The summed E-state index contributed by atoms with van der Waals surface area (Å²) in [6.45, 7) is 2.47. The topological polar surface area (TPSA) is 56.2 Å². The van der Waals surface area contributed by atoms with Gasteiger partial charge in [0.15, 0.2) is 0 Å². The van der Waals surface area contributed by atoms with Gasteiger partial charge in [0.2, 0.25) is 5.91 Å². The maximum absolute atomic E-state index is 12.0. The number of nitrogens with zero attached hydrogens (tertiary/aromatic N) is 2. The van der Waals surface area contributed by atoms with Crippen molar-refractivity contribution < 1.29 is 9.53 Å². The molecular formula is C14H21N3O2. The lowest BCUT2D eigenvalue weighted by Gasteiger charge is -2.26. The third-order valence-electron chi connectivity index (χ3n) is 4.09. The van der Waals surface area contributed by atoms with Gasteiger partial charge in [-0.2, -0.15) is 0 Å². The van der Waals surface area contributed by atoms with Crippen molar-refractivity contribution in [3.05, 3.63) is 18.2 Å². The molecule has 0 aliphatic carbocycles. The molecule has 0 unspecified atom stereocenters. The van der Waals surface area contributed by atoms with E-state index < -0.39 is 0 Å². The van der Waals surface area contributed by atoms with Gasteiger partial charge in [0.05, 0.1) is 0 Å². The second-order valence-electron chi connectivity index (χ2n) is 5.50. The quantitative estimate of drug-likeness (QED) is 0.889. The highest BCUT2D eigenvalue weighted by molar-refractivity contribution is 5.80. The Morgan fingerprint density at radius 3 is 3.26 bits per heavy atom. The maximum Gasteiger partial charge on any atom is 0.249 e. The molecule has 2 aliphatic heterocycles. The Balaban J connectivity index is 1.46. The smallest absolute Gasteiger partial charge is 0.249 e. The number of fused-ring (bicyclic) bond motifs is 1. The highest BCUT2D eigenvalue weighted by atomic mass is 16.5. The zero-order valence-corrected chi connectivity index (χ0v) is 11.2. The van der Waals surface area contributed by atoms with Gasteiger partial charge in [-0.25, -0.2) is 4.98 Å². The molecule has 1 aromatic rings. The van der Waals surface area contributed by atoms with E-state index in [0.29, 0.717) is 5.92 Å². The Morgan fingerprint density at radius 1 is 1.47 bits per heavy atom. The highest BCUT2D eigenvalue weighted by Gasteiger charge is 2.24. The molecule has 1 aromatic heterocycles. The van der Waals surface area contributed by atoms with E-state index in [9.17, 15) is 4.79 Å². The van der Waals surface area contributed by atoms with Crippen LogP contribution in [0, 0.1) is 5.92 Å². The maximum atomic E-state index is 12.0. The Labute approximate surface area is 113 Å². The molecule has 1 fully saturated rings. The summed E-state index contributed by atoms with van der Waals surface area (Å²) in [4.78, 5) is 16.3. The monoisotopic (exact) mass is 263 g/mol. The lowest BCUT2D eigenvalue weighted by Crippen LogP contribution is -2.41. The first-order valence-corrected chi connectivity index (χ1v) is 7.22. The van der Waals surface area contributed by atoms with Crippen molar-refractivity contribution in [2.75, 3.05) is 13.2 Å². The van der Waals surface area contributed by atoms with E-state index >= 15 is 0 Å². The van der Waals surface area contributed by atoms with Crippen LogP contribution in [-0.4, -0.2) is 34.7 Å². The van der Waals surface area contributed by atoms with Crippen molar-refractivity contribution >= 4 is 5.91 Å². The van der Waals surface area contributed by atoms with Gasteiger partial charge in [0.25, 0.3) is 0 Å². The van der Waals surface area contributed by atoms with Gasteiger partial charge in [-0.05, 0) is 31.6 Å². The first-order valence-electron chi connectivity index (χ1n) is 7.22. The van der Waals surface area contributed by atoms with Crippen LogP contribution in [0.15, 0.2) is 12.4 Å². The van der Waals surface area contributed by atoms with Crippen molar-refractivity contribution in [3.8, 4) is 0 Å². The molecule has 2 atom stereocenters. The van der Waals surface area contributed by atoms with E-state index in [1.807, 2.05) is 12.4 Å². The van der Waals surface area contributed by atoms with Crippen LogP contribution in [0.5, 0.6) is 0 Å². The van der Waals surface area contributed by atoms with Gasteiger partial charge in [-0.15, -0.1) is 0 Å². The van der Waals surface area contributed by atoms with Crippen molar-refractivity contribution in [2.24, 2.45) is 5.92 Å². The molecule has 5 nitrogen and oxygen atoms in total. The zero-order valence-electron chi connectivity index (χ0n) is 11.2. The van der Waals surface area contributed by atoms with Crippen molar-refractivity contribution in [3.63, 3.8) is 0 Å². The number of carbonyl (C=O) groups is 1. The summed E-state index contributed by atoms with van der Waals surface area (Å²) in [6.07, 6.45) is 8.76. The number of aryl methyl sites for hydroxylation is 1. The predicted octanol–water partition coefficient (Wildman–Crippen LogP) is 1.13. The van der Waals surface area contributed by atoms with Gasteiger partial charge in [-0.1, -0.05) is 0 Å². The predicted molar refractivity (Wildman–Crippen MR) is 70.6 cm³/mol. The van der Waals surface area contributed by atoms with Gasteiger partial charge in [0.1, 0.15) is 11.9 Å². The summed E-state index contributed by atoms with van der Waals surface area (Å²) in [7, 11) is 0. The van der Waals surface area contributed by atoms with Crippen molar-refractivity contribution in [1.29, 1.82) is 0 Å². The molecule has 3 heterocycles. The van der Waals surface area contributed by atoms with E-state index in [-0.39, 0.29) is 12.0 Å². The number of hydrogen-bond acceptors (Lipinski definition) is 3. The van der Waals surface area contributed by atoms with Gasteiger partial charge >= 0.3 is 0 Å². The highest BCUT2D eigenvalue weighted by Crippen LogP contribution is 2.18. The second kappa shape index (κ2) is 5.74. The molecule has 0 spiro atoms. The van der Waals surface area contributed by atoms with E-state index in [4.69, 9.17) is 4.74 Å². The number of rotatable bonds is 3. The second-order valence-corrected chi connectivity index (χ2v) is 5.50. The largest absolute Gasteiger partial charge is 0.368 e. The number of imidazole rings is 1. The van der Waals surface area contributed by atoms with E-state index in [1.165, 1.54) is 0 Å². The summed E-state index contributed by atoms with van der Waals surface area (Å²) in [5.41, 5.74) is 0. The minimum Gasteiger partial charge on any atom is -0.368 e. The van der Waals surface area contributed by atoms with E-state index in [2.05, 4.69) is 14.9 Å². The average molecular weight is 263 g/mol. The lowest BCUT2D eigenvalue weighted by molar-refractivity contribution is -0.135. The van der Waals surface area contributed by atoms with E-state index in [1.54, 1.807) is 0 Å². The first-order chi connectivity index (χ1) is 9.33. The summed E-state index contributed by atoms with van der Waals surface area (Å²) in [6, 6.07) is 0. The van der Waals surface area contributed by atoms with Gasteiger partial charge < -0.3 is 14.6 Å². The SMILES string of the molecule is O=C(NC[C@@H]1CCn2ccnc2C1)[C@@H]1CCCCO1. The molecule has 0 bridgehead atoms. The fourth-order valence-electron chi connectivity index (χ4n) is 2.90. The molecule has 104 valence electrons. The van der Waals surface area contributed by atoms with Crippen LogP contribution in [0.1, 0.15) is 31.5 Å². The number of amides is 1. The molecule has 1 N–H and O–H groups in total. The molecule has 3 rings (SSSR count). The average Bonchev–Trinajstić information content (AvgIpc) is 2.93. The number of hydrogen-bond donors (Lipinski definition) is 1. The Hall–Kier alpha value is -1.36. The number of carbonyl (C=O) groups excluding carboxylic acids is 1. The van der Waals surface area contributed by atoms with Crippen LogP contribution in [0.3, 0.4) is 0 Å². The number of ether oxygens (including phenoxy) is 1. The van der Waals surface area contributed by atoms with Gasteiger partial charge in [-0.3, -0.25) is 4.79 Å². The van der Waals surface area contributed by atoms with Crippen LogP contribution >= 0.6 is 0 Å². The number of aromatic nitrogens is 2. The lowest BCUT2D eigenvalue weighted by atomic mass is 9.97. The van der Waals surface area contributed by atoms with Gasteiger partial charge in [0, 0.05) is 38.5 Å². The fraction of sp³-hybridized carbons (Fsp3) is 0.714. The third-order valence-corrected chi connectivity index (χ3v) is 4.09. The Kier molecular flexibility index (Phi) is 3.82. The van der Waals surface area contributed by atoms with Crippen molar-refractivity contribution in [2.45, 2.75) is 44.8 Å². The summed E-state index contributed by atoms with van der Waals surface area (Å²) < 4.78 is 7.69. The van der Waals surface area contributed by atoms with E-state index in [0.717, 1.165) is 57.6 Å².